The summed E-state index contributed by atoms with van der Waals surface area (Å²) in [6.45, 7) is 0. The van der Waals surface area contributed by atoms with Crippen molar-refractivity contribution in [3.8, 4) is 16.9 Å². The van der Waals surface area contributed by atoms with Crippen LogP contribution in [0.25, 0.3) is 33.9 Å². The highest BCUT2D eigenvalue weighted by molar-refractivity contribution is 7.89. The van der Waals surface area contributed by atoms with Gasteiger partial charge in [0.1, 0.15) is 0 Å². The molecule has 5 aromatic rings. The first-order valence-corrected chi connectivity index (χ1v) is 11.6. The topological polar surface area (TPSA) is 126 Å². The number of hydrogen-bond acceptors (Lipinski definition) is 5. The first kappa shape index (κ1) is 21.2. The SMILES string of the molecule is Cn1c(=O)c2c(nc3n(-c4ccc(S(N)(=O)=O)cc4)c(-c4ccc(Cl)cc4)cn23)n(C)c1=O. The first-order chi connectivity index (χ1) is 15.6. The van der Waals surface area contributed by atoms with Crippen LogP contribution < -0.4 is 16.4 Å². The van der Waals surface area contributed by atoms with Crippen LogP contribution in [0.15, 0.2) is 69.2 Å². The van der Waals surface area contributed by atoms with E-state index in [2.05, 4.69) is 4.98 Å². The van der Waals surface area contributed by atoms with Crippen molar-refractivity contribution in [2.75, 3.05) is 0 Å². The Morgan fingerprint density at radius 3 is 2.18 bits per heavy atom. The molecule has 0 saturated carbocycles. The molecule has 2 aromatic carbocycles. The normalized spacial score (nSPS) is 12.1. The second-order valence-corrected chi connectivity index (χ2v) is 9.55. The molecule has 0 aliphatic rings. The number of aryl methyl sites for hydroxylation is 1. The van der Waals surface area contributed by atoms with Crippen LogP contribution in [0, 0.1) is 0 Å². The molecule has 0 radical (unpaired) electrons. The van der Waals surface area contributed by atoms with Crippen LogP contribution in [-0.4, -0.2) is 31.5 Å². The molecule has 10 nitrogen and oxygen atoms in total. The predicted octanol–water partition coefficient (Wildman–Crippen LogP) is 1.64. The summed E-state index contributed by atoms with van der Waals surface area (Å²) in [5, 5.41) is 5.79. The monoisotopic (exact) mass is 484 g/mol. The molecule has 2 N–H and O–H groups in total. The number of nitrogens with two attached hydrogens (primary N) is 1. The van der Waals surface area contributed by atoms with Gasteiger partial charge in [0.25, 0.3) is 5.56 Å². The Morgan fingerprint density at radius 1 is 0.939 bits per heavy atom. The van der Waals surface area contributed by atoms with Crippen LogP contribution in [0.1, 0.15) is 0 Å². The van der Waals surface area contributed by atoms with E-state index in [-0.39, 0.29) is 16.1 Å². The lowest BCUT2D eigenvalue weighted by molar-refractivity contribution is 0.598. The zero-order chi connectivity index (χ0) is 23.7. The molecule has 5 rings (SSSR count). The minimum atomic E-state index is -3.87. The van der Waals surface area contributed by atoms with Crippen LogP contribution >= 0.6 is 11.6 Å². The summed E-state index contributed by atoms with van der Waals surface area (Å²) in [5.74, 6) is 0.372. The van der Waals surface area contributed by atoms with Gasteiger partial charge in [-0.3, -0.25) is 22.9 Å². The molecule has 0 amide bonds. The largest absolute Gasteiger partial charge is 0.332 e. The van der Waals surface area contributed by atoms with Crippen molar-refractivity contribution >= 4 is 38.6 Å². The number of imidazole rings is 2. The zero-order valence-electron chi connectivity index (χ0n) is 17.4. The van der Waals surface area contributed by atoms with Crippen molar-refractivity contribution < 1.29 is 8.42 Å². The third-order valence-electron chi connectivity index (χ3n) is 5.53. The Morgan fingerprint density at radius 2 is 1.58 bits per heavy atom. The Hall–Kier alpha value is -3.67. The smallest absolute Gasteiger partial charge is 0.279 e. The summed E-state index contributed by atoms with van der Waals surface area (Å²) in [5.41, 5.74) is 1.55. The highest BCUT2D eigenvalue weighted by Gasteiger charge is 2.22. The second kappa shape index (κ2) is 7.17. The molecule has 33 heavy (non-hydrogen) atoms. The lowest BCUT2D eigenvalue weighted by Gasteiger charge is -2.10. The Kier molecular flexibility index (Phi) is 4.60. The average molecular weight is 485 g/mol. The maximum atomic E-state index is 13.0. The molecule has 3 aromatic heterocycles. The van der Waals surface area contributed by atoms with E-state index < -0.39 is 21.3 Å². The average Bonchev–Trinajstić information content (AvgIpc) is 3.32. The van der Waals surface area contributed by atoms with Gasteiger partial charge in [0.05, 0.1) is 10.6 Å². The molecule has 0 bridgehead atoms. The Labute approximate surface area is 191 Å². The third-order valence-corrected chi connectivity index (χ3v) is 6.71. The van der Waals surface area contributed by atoms with Gasteiger partial charge in [0, 0.05) is 36.6 Å². The molecule has 0 unspecified atom stereocenters. The third kappa shape index (κ3) is 3.20. The number of sulfonamides is 1. The molecule has 0 fully saturated rings. The van der Waals surface area contributed by atoms with E-state index in [4.69, 9.17) is 16.7 Å². The fraction of sp³-hybridized carbons (Fsp3) is 0.0952. The van der Waals surface area contributed by atoms with Crippen molar-refractivity contribution in [1.82, 2.24) is 23.1 Å². The second-order valence-electron chi connectivity index (χ2n) is 7.56. The highest BCUT2D eigenvalue weighted by atomic mass is 35.5. The van der Waals surface area contributed by atoms with E-state index in [1.165, 1.54) is 23.7 Å². The van der Waals surface area contributed by atoms with Crippen molar-refractivity contribution in [2.45, 2.75) is 4.90 Å². The Bertz CT molecular complexity index is 1790. The highest BCUT2D eigenvalue weighted by Crippen LogP contribution is 2.30. The summed E-state index contributed by atoms with van der Waals surface area (Å²) >= 11 is 6.05. The van der Waals surface area contributed by atoms with Crippen LogP contribution in [0.2, 0.25) is 5.02 Å². The van der Waals surface area contributed by atoms with Crippen LogP contribution in [0.4, 0.5) is 0 Å². The van der Waals surface area contributed by atoms with Gasteiger partial charge < -0.3 is 0 Å². The number of nitrogens with zero attached hydrogens (tertiary/aromatic N) is 5. The Balaban J connectivity index is 1.90. The van der Waals surface area contributed by atoms with Gasteiger partial charge >= 0.3 is 5.69 Å². The first-order valence-electron chi connectivity index (χ1n) is 9.66. The molecule has 0 aliphatic heterocycles. The number of rotatable bonds is 3. The molecule has 0 atom stereocenters. The van der Waals surface area contributed by atoms with Gasteiger partial charge in [-0.05, 0) is 36.4 Å². The van der Waals surface area contributed by atoms with E-state index in [0.717, 1.165) is 10.1 Å². The summed E-state index contributed by atoms with van der Waals surface area (Å²) in [4.78, 5) is 29.9. The van der Waals surface area contributed by atoms with Gasteiger partial charge in [-0.2, -0.15) is 4.98 Å². The molecule has 0 aliphatic carbocycles. The number of hydrogen-bond donors (Lipinski definition) is 1. The van der Waals surface area contributed by atoms with Gasteiger partial charge in [0.15, 0.2) is 11.2 Å². The molecule has 3 heterocycles. The van der Waals surface area contributed by atoms with E-state index >= 15 is 0 Å². The maximum absolute atomic E-state index is 13.0. The quantitative estimate of drug-likeness (QED) is 0.416. The number of aromatic nitrogens is 5. The van der Waals surface area contributed by atoms with Gasteiger partial charge in [0.2, 0.25) is 15.8 Å². The molecule has 0 spiro atoms. The maximum Gasteiger partial charge on any atom is 0.332 e. The zero-order valence-corrected chi connectivity index (χ0v) is 19.0. The van der Waals surface area contributed by atoms with Crippen LogP contribution in [-0.2, 0) is 24.1 Å². The fourth-order valence-electron chi connectivity index (χ4n) is 3.83. The van der Waals surface area contributed by atoms with Gasteiger partial charge in [-0.25, -0.2) is 18.4 Å². The van der Waals surface area contributed by atoms with Gasteiger partial charge in [-0.1, -0.05) is 23.7 Å². The van der Waals surface area contributed by atoms with E-state index in [1.807, 2.05) is 12.1 Å². The van der Waals surface area contributed by atoms with Crippen LogP contribution in [0.3, 0.4) is 0 Å². The van der Waals surface area contributed by atoms with E-state index in [9.17, 15) is 18.0 Å². The molecule has 0 saturated heterocycles. The summed E-state index contributed by atoms with van der Waals surface area (Å²) < 4.78 is 29.1. The summed E-state index contributed by atoms with van der Waals surface area (Å²) in [7, 11) is -0.913. The number of fused-ring (bicyclic) bond motifs is 3. The van der Waals surface area contributed by atoms with Crippen molar-refractivity contribution in [3.05, 3.63) is 80.6 Å². The lowest BCUT2D eigenvalue weighted by atomic mass is 10.1. The number of benzene rings is 2. The standard InChI is InChI=1S/C21H17ClN6O4S/c1-25-18-17(19(29)26(2)21(25)30)27-11-16(12-3-5-13(22)6-4-12)28(20(27)24-18)14-7-9-15(10-8-14)33(23,31)32/h3-11H,1-2H3,(H2,23,31,32). The number of primary sulfonamides is 1. The minimum Gasteiger partial charge on any atom is -0.279 e. The lowest BCUT2D eigenvalue weighted by Crippen LogP contribution is -2.37. The summed E-state index contributed by atoms with van der Waals surface area (Å²) in [6, 6.07) is 13.1. The minimum absolute atomic E-state index is 0.0350. The molecule has 12 heteroatoms. The van der Waals surface area contributed by atoms with Crippen molar-refractivity contribution in [1.29, 1.82) is 0 Å². The van der Waals surface area contributed by atoms with Crippen molar-refractivity contribution in [2.24, 2.45) is 19.2 Å². The summed E-state index contributed by atoms with van der Waals surface area (Å²) in [6.07, 6.45) is 1.74. The van der Waals surface area contributed by atoms with E-state index in [1.54, 1.807) is 46.5 Å². The molecule has 168 valence electrons. The van der Waals surface area contributed by atoms with Crippen LogP contribution in [0.5, 0.6) is 0 Å². The predicted molar refractivity (Wildman–Crippen MR) is 124 cm³/mol. The van der Waals surface area contributed by atoms with Gasteiger partial charge in [-0.15, -0.1) is 0 Å². The molecular weight excluding hydrogens is 468 g/mol. The number of halogens is 1. The fourth-order valence-corrected chi connectivity index (χ4v) is 4.48. The molecular formula is C21H17ClN6O4S. The van der Waals surface area contributed by atoms with E-state index in [0.29, 0.717) is 22.2 Å². The van der Waals surface area contributed by atoms with Crippen molar-refractivity contribution in [3.63, 3.8) is 0 Å².